The predicted octanol–water partition coefficient (Wildman–Crippen LogP) is 7.97. The van der Waals surface area contributed by atoms with Crippen molar-refractivity contribution >= 4 is 68.0 Å². The van der Waals surface area contributed by atoms with E-state index in [1.807, 2.05) is 18.2 Å². The number of hydrogen-bond acceptors (Lipinski definition) is 4. The van der Waals surface area contributed by atoms with Gasteiger partial charge in [-0.1, -0.05) is 68.4 Å². The number of aromatic hydroxyl groups is 1. The number of hydrogen-bond donors (Lipinski definition) is 2. The third-order valence-electron chi connectivity index (χ3n) is 4.24. The van der Waals surface area contributed by atoms with Crippen LogP contribution in [0, 0.1) is 0 Å². The van der Waals surface area contributed by atoms with Crippen LogP contribution in [-0.2, 0) is 13.2 Å². The monoisotopic (exact) mass is 549 g/mol. The van der Waals surface area contributed by atoms with Gasteiger partial charge in [0.1, 0.15) is 6.61 Å². The molecule has 0 bridgehead atoms. The quantitative estimate of drug-likeness (QED) is 0.292. The van der Waals surface area contributed by atoms with E-state index in [1.54, 1.807) is 31.4 Å². The van der Waals surface area contributed by atoms with Crippen LogP contribution >= 0.6 is 62.3 Å². The molecular formula is C21H16BrCl4NO3. The lowest BCUT2D eigenvalue weighted by Crippen LogP contribution is -2.06. The van der Waals surface area contributed by atoms with Crippen LogP contribution in [0.1, 0.15) is 11.1 Å². The van der Waals surface area contributed by atoms with E-state index in [9.17, 15) is 5.11 Å². The minimum Gasteiger partial charge on any atom is -0.505 e. The van der Waals surface area contributed by atoms with Gasteiger partial charge >= 0.3 is 0 Å². The van der Waals surface area contributed by atoms with E-state index >= 15 is 0 Å². The van der Waals surface area contributed by atoms with E-state index in [2.05, 4.69) is 21.2 Å². The summed E-state index contributed by atoms with van der Waals surface area (Å²) < 4.78 is 12.4. The summed E-state index contributed by atoms with van der Waals surface area (Å²) in [7, 11) is 1.58. The molecule has 2 N–H and O–H groups in total. The molecule has 0 aliphatic rings. The second kappa shape index (κ2) is 10.2. The zero-order chi connectivity index (χ0) is 21.8. The largest absolute Gasteiger partial charge is 0.505 e. The van der Waals surface area contributed by atoms with Crippen LogP contribution in [0.15, 0.2) is 46.9 Å². The number of methoxy groups -OCH3 is 1. The Balaban J connectivity index is 1.85. The molecule has 9 heteroatoms. The zero-order valence-electron chi connectivity index (χ0n) is 15.6. The smallest absolute Gasteiger partial charge is 0.167 e. The Labute approximate surface area is 202 Å². The van der Waals surface area contributed by atoms with Crippen LogP contribution < -0.4 is 14.8 Å². The number of anilines is 1. The molecule has 30 heavy (non-hydrogen) atoms. The molecule has 3 aromatic carbocycles. The van der Waals surface area contributed by atoms with Crippen LogP contribution in [0.2, 0.25) is 20.1 Å². The standard InChI is InChI=1S/C21H16BrCl4NO3/c1-29-19-5-3-14(22)13(9-27-12-7-17(25)20(28)18(26)8-12)21(19)30-10-11-2-4-15(23)16(24)6-11/h2-8,27-28H,9-10H2,1H3. The molecule has 3 rings (SSSR count). The van der Waals surface area contributed by atoms with E-state index in [-0.39, 0.29) is 22.4 Å². The van der Waals surface area contributed by atoms with E-state index in [1.165, 1.54) is 0 Å². The molecule has 3 aromatic rings. The van der Waals surface area contributed by atoms with Gasteiger partial charge in [-0.05, 0) is 42.0 Å². The average Bonchev–Trinajstić information content (AvgIpc) is 2.72. The Morgan fingerprint density at radius 1 is 0.933 bits per heavy atom. The van der Waals surface area contributed by atoms with Crippen molar-refractivity contribution in [1.29, 1.82) is 0 Å². The topological polar surface area (TPSA) is 50.7 Å². The van der Waals surface area contributed by atoms with Crippen LogP contribution in [-0.4, -0.2) is 12.2 Å². The fourth-order valence-corrected chi connectivity index (χ4v) is 3.97. The van der Waals surface area contributed by atoms with Crippen molar-refractivity contribution in [2.24, 2.45) is 0 Å². The molecule has 0 heterocycles. The molecule has 0 radical (unpaired) electrons. The lowest BCUT2D eigenvalue weighted by Gasteiger charge is -2.18. The summed E-state index contributed by atoms with van der Waals surface area (Å²) in [5, 5.41) is 14.2. The normalized spacial score (nSPS) is 10.7. The summed E-state index contributed by atoms with van der Waals surface area (Å²) in [5.41, 5.74) is 2.34. The summed E-state index contributed by atoms with van der Waals surface area (Å²) in [5.74, 6) is 0.996. The Hall–Kier alpha value is -1.50. The lowest BCUT2D eigenvalue weighted by atomic mass is 10.1. The van der Waals surface area contributed by atoms with Crippen molar-refractivity contribution in [3.8, 4) is 17.2 Å². The maximum Gasteiger partial charge on any atom is 0.167 e. The number of ether oxygens (including phenoxy) is 2. The second-order valence-electron chi connectivity index (χ2n) is 6.24. The van der Waals surface area contributed by atoms with Crippen LogP contribution in [0.25, 0.3) is 0 Å². The number of phenols is 1. The molecule has 0 aliphatic heterocycles. The highest BCUT2D eigenvalue weighted by Crippen LogP contribution is 2.39. The van der Waals surface area contributed by atoms with Gasteiger partial charge in [0.25, 0.3) is 0 Å². The highest BCUT2D eigenvalue weighted by Gasteiger charge is 2.16. The third kappa shape index (κ3) is 5.40. The van der Waals surface area contributed by atoms with Gasteiger partial charge in [0, 0.05) is 22.3 Å². The summed E-state index contributed by atoms with van der Waals surface area (Å²) in [6.07, 6.45) is 0. The van der Waals surface area contributed by atoms with Gasteiger partial charge in [-0.25, -0.2) is 0 Å². The van der Waals surface area contributed by atoms with Gasteiger partial charge in [0.2, 0.25) is 0 Å². The molecule has 0 aromatic heterocycles. The molecule has 0 aliphatic carbocycles. The minimum atomic E-state index is -0.155. The van der Waals surface area contributed by atoms with Crippen LogP contribution in [0.5, 0.6) is 17.2 Å². The number of benzene rings is 3. The molecular weight excluding hydrogens is 536 g/mol. The summed E-state index contributed by atoms with van der Waals surface area (Å²) in [6, 6.07) is 12.2. The highest BCUT2D eigenvalue weighted by atomic mass is 79.9. The Morgan fingerprint density at radius 2 is 1.63 bits per heavy atom. The molecule has 0 fully saturated rings. The molecule has 0 spiro atoms. The first-order valence-corrected chi connectivity index (χ1v) is 10.9. The van der Waals surface area contributed by atoms with Crippen molar-refractivity contribution in [3.63, 3.8) is 0 Å². The first kappa shape index (κ1) is 23.2. The molecule has 0 atom stereocenters. The van der Waals surface area contributed by atoms with Crippen molar-refractivity contribution in [3.05, 3.63) is 78.2 Å². The summed E-state index contributed by atoms with van der Waals surface area (Å²) in [4.78, 5) is 0. The van der Waals surface area contributed by atoms with Crippen molar-refractivity contribution in [2.45, 2.75) is 13.2 Å². The van der Waals surface area contributed by atoms with Gasteiger partial charge in [-0.3, -0.25) is 0 Å². The maximum atomic E-state index is 9.73. The summed E-state index contributed by atoms with van der Waals surface area (Å²) >= 11 is 27.7. The predicted molar refractivity (Wildman–Crippen MR) is 127 cm³/mol. The second-order valence-corrected chi connectivity index (χ2v) is 8.72. The van der Waals surface area contributed by atoms with Crippen molar-refractivity contribution in [2.75, 3.05) is 12.4 Å². The van der Waals surface area contributed by atoms with Crippen LogP contribution in [0.4, 0.5) is 5.69 Å². The Kier molecular flexibility index (Phi) is 7.88. The minimum absolute atomic E-state index is 0.155. The molecule has 0 amide bonds. The molecule has 158 valence electrons. The first-order valence-electron chi connectivity index (χ1n) is 8.64. The Morgan fingerprint density at radius 3 is 2.27 bits per heavy atom. The fourth-order valence-electron chi connectivity index (χ4n) is 2.71. The fraction of sp³-hybridized carbons (Fsp3) is 0.143. The van der Waals surface area contributed by atoms with E-state index in [4.69, 9.17) is 55.9 Å². The van der Waals surface area contributed by atoms with Gasteiger partial charge in [0.15, 0.2) is 17.2 Å². The SMILES string of the molecule is COc1ccc(Br)c(CNc2cc(Cl)c(O)c(Cl)c2)c1OCc1ccc(Cl)c(Cl)c1. The summed E-state index contributed by atoms with van der Waals surface area (Å²) in [6.45, 7) is 0.652. The molecule has 4 nitrogen and oxygen atoms in total. The van der Waals surface area contributed by atoms with E-state index in [0.29, 0.717) is 33.8 Å². The van der Waals surface area contributed by atoms with Crippen molar-refractivity contribution < 1.29 is 14.6 Å². The highest BCUT2D eigenvalue weighted by molar-refractivity contribution is 9.10. The molecule has 0 saturated heterocycles. The molecule has 0 saturated carbocycles. The van der Waals surface area contributed by atoms with E-state index in [0.717, 1.165) is 15.6 Å². The van der Waals surface area contributed by atoms with E-state index < -0.39 is 0 Å². The number of nitrogens with one attached hydrogen (secondary N) is 1. The lowest BCUT2D eigenvalue weighted by molar-refractivity contribution is 0.281. The first-order chi connectivity index (χ1) is 14.3. The van der Waals surface area contributed by atoms with Crippen LogP contribution in [0.3, 0.4) is 0 Å². The van der Waals surface area contributed by atoms with Gasteiger partial charge in [-0.2, -0.15) is 0 Å². The van der Waals surface area contributed by atoms with Gasteiger partial charge < -0.3 is 19.9 Å². The van der Waals surface area contributed by atoms with Crippen molar-refractivity contribution in [1.82, 2.24) is 0 Å². The number of phenolic OH excluding ortho intramolecular Hbond substituents is 1. The number of rotatable bonds is 7. The Bertz CT molecular complexity index is 1060. The zero-order valence-corrected chi connectivity index (χ0v) is 20.2. The average molecular weight is 552 g/mol. The molecule has 0 unspecified atom stereocenters. The van der Waals surface area contributed by atoms with Gasteiger partial charge in [0.05, 0.1) is 27.2 Å². The maximum absolute atomic E-state index is 9.73. The number of halogens is 5. The third-order valence-corrected chi connectivity index (χ3v) is 6.30. The van der Waals surface area contributed by atoms with Gasteiger partial charge in [-0.15, -0.1) is 0 Å².